The topological polar surface area (TPSA) is 0 Å². The fourth-order valence-electron chi connectivity index (χ4n) is 5.83. The molecule has 0 atom stereocenters. The molecule has 1 heteroatoms. The molecule has 0 spiro atoms. The van der Waals surface area contributed by atoms with Gasteiger partial charge in [0.05, 0.1) is 0 Å². The van der Waals surface area contributed by atoms with Gasteiger partial charge >= 0.3 is 0 Å². The van der Waals surface area contributed by atoms with Gasteiger partial charge in [-0.1, -0.05) is 109 Å². The molecule has 0 amide bonds. The molecular formula is C34H20S. The number of rotatable bonds is 1. The second-order valence-electron chi connectivity index (χ2n) is 9.32. The fraction of sp³-hybridized carbons (Fsp3) is 0. The second-order valence-corrected chi connectivity index (χ2v) is 10.4. The van der Waals surface area contributed by atoms with E-state index in [0.29, 0.717) is 0 Å². The van der Waals surface area contributed by atoms with Gasteiger partial charge in [0, 0.05) is 15.2 Å². The van der Waals surface area contributed by atoms with Gasteiger partial charge in [-0.25, -0.2) is 0 Å². The van der Waals surface area contributed by atoms with Crippen LogP contribution in [0, 0.1) is 0 Å². The van der Waals surface area contributed by atoms with Gasteiger partial charge in [-0.15, -0.1) is 0 Å². The van der Waals surface area contributed by atoms with Crippen molar-refractivity contribution in [2.75, 3.05) is 0 Å². The van der Waals surface area contributed by atoms with E-state index in [1.54, 1.807) is 0 Å². The van der Waals surface area contributed by atoms with Crippen molar-refractivity contribution < 1.29 is 0 Å². The molecule has 1 heterocycles. The quantitative estimate of drug-likeness (QED) is 0.173. The molecule has 0 unspecified atom stereocenters. The third-order valence-corrected chi connectivity index (χ3v) is 8.57. The monoisotopic (exact) mass is 460 g/mol. The number of hydrogen-bond acceptors (Lipinski definition) is 1. The summed E-state index contributed by atoms with van der Waals surface area (Å²) in [5.74, 6) is 0. The maximum Gasteiger partial charge on any atom is 0.0207 e. The third-order valence-electron chi connectivity index (χ3n) is 7.43. The summed E-state index contributed by atoms with van der Waals surface area (Å²) in [5.41, 5.74) is 5.27. The minimum Gasteiger partial charge on any atom is -0.0888 e. The number of benzene rings is 7. The van der Waals surface area contributed by atoms with E-state index in [1.807, 2.05) is 11.8 Å². The van der Waals surface area contributed by atoms with Crippen LogP contribution >= 0.6 is 11.8 Å². The van der Waals surface area contributed by atoms with Gasteiger partial charge in [-0.3, -0.25) is 0 Å². The molecule has 0 aliphatic carbocycles. The highest BCUT2D eigenvalue weighted by molar-refractivity contribution is 7.99. The van der Waals surface area contributed by atoms with Crippen LogP contribution in [0.15, 0.2) is 131 Å². The SMILES string of the molecule is c1ccc2c(c1)Sc1ccc(-c3cccc4c3ccc3cc5ccccc5cc34)c3cccc-2c13. The lowest BCUT2D eigenvalue weighted by Crippen LogP contribution is -1.94. The van der Waals surface area contributed by atoms with Crippen LogP contribution in [0.1, 0.15) is 0 Å². The molecule has 1 aliphatic heterocycles. The molecule has 0 radical (unpaired) electrons. The van der Waals surface area contributed by atoms with Crippen molar-refractivity contribution in [1.29, 1.82) is 0 Å². The van der Waals surface area contributed by atoms with E-state index in [-0.39, 0.29) is 0 Å². The molecule has 0 aromatic heterocycles. The van der Waals surface area contributed by atoms with Gasteiger partial charge in [0.15, 0.2) is 0 Å². The van der Waals surface area contributed by atoms with E-state index >= 15 is 0 Å². The van der Waals surface area contributed by atoms with Gasteiger partial charge in [-0.05, 0) is 84.2 Å². The van der Waals surface area contributed by atoms with Crippen molar-refractivity contribution in [3.8, 4) is 22.3 Å². The maximum absolute atomic E-state index is 2.35. The molecule has 162 valence electrons. The van der Waals surface area contributed by atoms with Crippen LogP contribution in [0.2, 0.25) is 0 Å². The summed E-state index contributed by atoms with van der Waals surface area (Å²) in [5, 5.41) is 10.5. The van der Waals surface area contributed by atoms with Crippen molar-refractivity contribution >= 4 is 54.9 Å². The second kappa shape index (κ2) is 7.21. The Morgan fingerprint density at radius 3 is 1.97 bits per heavy atom. The summed E-state index contributed by atoms with van der Waals surface area (Å²) < 4.78 is 0. The van der Waals surface area contributed by atoms with E-state index in [0.717, 1.165) is 0 Å². The summed E-state index contributed by atoms with van der Waals surface area (Å²) in [6.45, 7) is 0. The zero-order valence-electron chi connectivity index (χ0n) is 19.0. The van der Waals surface area contributed by atoms with Crippen LogP contribution in [0.3, 0.4) is 0 Å². The lowest BCUT2D eigenvalue weighted by Gasteiger charge is -2.22. The van der Waals surface area contributed by atoms with Crippen molar-refractivity contribution in [2.24, 2.45) is 0 Å². The summed E-state index contributed by atoms with van der Waals surface area (Å²) in [6.07, 6.45) is 0. The van der Waals surface area contributed by atoms with Crippen LogP contribution < -0.4 is 0 Å². The summed E-state index contributed by atoms with van der Waals surface area (Å²) in [7, 11) is 0. The van der Waals surface area contributed by atoms with Gasteiger partial charge in [-0.2, -0.15) is 0 Å². The van der Waals surface area contributed by atoms with Gasteiger partial charge in [0.2, 0.25) is 0 Å². The lowest BCUT2D eigenvalue weighted by atomic mass is 9.89. The first-order chi connectivity index (χ1) is 17.3. The molecule has 7 aromatic carbocycles. The predicted molar refractivity (Wildman–Crippen MR) is 151 cm³/mol. The van der Waals surface area contributed by atoms with Crippen LogP contribution in [0.25, 0.3) is 65.3 Å². The first kappa shape index (κ1) is 19.3. The molecule has 0 saturated carbocycles. The molecule has 8 rings (SSSR count). The predicted octanol–water partition coefficient (Wildman–Crippen LogP) is 10.1. The van der Waals surface area contributed by atoms with Crippen molar-refractivity contribution in [1.82, 2.24) is 0 Å². The standard InChI is InChI=1S/C34H20S/c1-2-8-22-20-31-23(19-21(22)7-1)15-16-26-24(10-5-11-25(26)31)27-17-18-33-34-29(27)12-6-13-30(34)28-9-3-4-14-32(28)35-33/h1-20H. The zero-order valence-corrected chi connectivity index (χ0v) is 19.8. The molecule has 0 saturated heterocycles. The first-order valence-electron chi connectivity index (χ1n) is 12.0. The minimum absolute atomic E-state index is 1.29. The van der Waals surface area contributed by atoms with Crippen molar-refractivity contribution in [3.63, 3.8) is 0 Å². The molecule has 35 heavy (non-hydrogen) atoms. The Bertz CT molecular complexity index is 1980. The van der Waals surface area contributed by atoms with E-state index in [1.165, 1.54) is 75.1 Å². The van der Waals surface area contributed by atoms with Gasteiger partial charge in [0.25, 0.3) is 0 Å². The molecule has 0 bridgehead atoms. The summed E-state index contributed by atoms with van der Waals surface area (Å²) >= 11 is 1.89. The minimum atomic E-state index is 1.29. The highest BCUT2D eigenvalue weighted by atomic mass is 32.2. The highest BCUT2D eigenvalue weighted by Gasteiger charge is 2.20. The highest BCUT2D eigenvalue weighted by Crippen LogP contribution is 2.50. The molecule has 1 aliphatic rings. The van der Waals surface area contributed by atoms with Crippen LogP contribution in [-0.2, 0) is 0 Å². The van der Waals surface area contributed by atoms with Crippen LogP contribution in [-0.4, -0.2) is 0 Å². The van der Waals surface area contributed by atoms with Crippen molar-refractivity contribution in [2.45, 2.75) is 9.79 Å². The average Bonchev–Trinajstić information content (AvgIpc) is 2.92. The first-order valence-corrected chi connectivity index (χ1v) is 12.8. The molecule has 0 nitrogen and oxygen atoms in total. The van der Waals surface area contributed by atoms with Gasteiger partial charge < -0.3 is 0 Å². The zero-order chi connectivity index (χ0) is 22.9. The molecular weight excluding hydrogens is 440 g/mol. The Labute approximate surface area is 207 Å². The largest absolute Gasteiger partial charge is 0.0888 e. The average molecular weight is 461 g/mol. The van der Waals surface area contributed by atoms with E-state index in [4.69, 9.17) is 0 Å². The smallest absolute Gasteiger partial charge is 0.0207 e. The number of fused-ring (bicyclic) bond motifs is 6. The summed E-state index contributed by atoms with van der Waals surface area (Å²) in [6, 6.07) is 44.8. The van der Waals surface area contributed by atoms with E-state index < -0.39 is 0 Å². The normalized spacial score (nSPS) is 12.5. The van der Waals surface area contributed by atoms with Gasteiger partial charge in [0.1, 0.15) is 0 Å². The van der Waals surface area contributed by atoms with E-state index in [2.05, 4.69) is 121 Å². The molecule has 7 aromatic rings. The molecule has 0 N–H and O–H groups in total. The fourth-order valence-corrected chi connectivity index (χ4v) is 6.96. The maximum atomic E-state index is 2.35. The lowest BCUT2D eigenvalue weighted by molar-refractivity contribution is 1.40. The Kier molecular flexibility index (Phi) is 3.97. The van der Waals surface area contributed by atoms with E-state index in [9.17, 15) is 0 Å². The Balaban J connectivity index is 1.44. The van der Waals surface area contributed by atoms with Crippen LogP contribution in [0.5, 0.6) is 0 Å². The Morgan fingerprint density at radius 1 is 0.343 bits per heavy atom. The Hall–Kier alpha value is -4.07. The summed E-state index contributed by atoms with van der Waals surface area (Å²) in [4.78, 5) is 2.68. The number of hydrogen-bond donors (Lipinski definition) is 0. The van der Waals surface area contributed by atoms with Crippen LogP contribution in [0.4, 0.5) is 0 Å². The third kappa shape index (κ3) is 2.76. The molecule has 0 fully saturated rings. The van der Waals surface area contributed by atoms with Crippen molar-refractivity contribution in [3.05, 3.63) is 121 Å². The Morgan fingerprint density at radius 2 is 1.06 bits per heavy atom.